The number of hydrogen-bond acceptors (Lipinski definition) is 9. The van der Waals surface area contributed by atoms with E-state index in [4.69, 9.17) is 5.73 Å². The topological polar surface area (TPSA) is 240 Å². The molecular formula is C28H45N5O9. The third-order valence-corrected chi connectivity index (χ3v) is 6.27. The van der Waals surface area contributed by atoms with Gasteiger partial charge in [-0.1, -0.05) is 39.8 Å². The number of carbonyl (C=O) groups excluding carboxylic acids is 4. The van der Waals surface area contributed by atoms with Gasteiger partial charge < -0.3 is 47.4 Å². The Labute approximate surface area is 245 Å². The summed E-state index contributed by atoms with van der Waals surface area (Å²) in [6.45, 7) is 7.77. The van der Waals surface area contributed by atoms with Crippen molar-refractivity contribution in [1.82, 2.24) is 21.3 Å². The number of benzene rings is 1. The summed E-state index contributed by atoms with van der Waals surface area (Å²) in [5, 5.41) is 48.4. The fraction of sp³-hybridized carbons (Fsp3) is 0.607. The van der Waals surface area contributed by atoms with E-state index in [0.717, 1.165) is 0 Å². The van der Waals surface area contributed by atoms with Crippen molar-refractivity contribution in [2.75, 3.05) is 6.61 Å². The highest BCUT2D eigenvalue weighted by molar-refractivity contribution is 5.95. The molecule has 0 unspecified atom stereocenters. The highest BCUT2D eigenvalue weighted by atomic mass is 16.4. The molecule has 0 aliphatic rings. The predicted molar refractivity (Wildman–Crippen MR) is 153 cm³/mol. The van der Waals surface area contributed by atoms with Gasteiger partial charge in [0, 0.05) is 6.42 Å². The van der Waals surface area contributed by atoms with Gasteiger partial charge in [0.2, 0.25) is 23.6 Å². The van der Waals surface area contributed by atoms with Crippen molar-refractivity contribution >= 4 is 29.6 Å². The molecule has 0 radical (unpaired) electrons. The molecule has 1 rings (SSSR count). The Balaban J connectivity index is 2.97. The van der Waals surface area contributed by atoms with E-state index in [1.807, 2.05) is 27.7 Å². The van der Waals surface area contributed by atoms with E-state index < -0.39 is 72.5 Å². The minimum atomic E-state index is -1.61. The normalized spacial score (nSPS) is 15.6. The molecule has 0 heterocycles. The fourth-order valence-electron chi connectivity index (χ4n) is 4.05. The molecule has 14 heteroatoms. The Morgan fingerprint density at radius 3 is 1.71 bits per heavy atom. The van der Waals surface area contributed by atoms with E-state index in [2.05, 4.69) is 21.3 Å². The van der Waals surface area contributed by atoms with E-state index >= 15 is 0 Å². The molecule has 0 bridgehead atoms. The molecule has 0 aliphatic carbocycles. The van der Waals surface area contributed by atoms with Gasteiger partial charge in [-0.05, 0) is 49.3 Å². The molecule has 0 aromatic heterocycles. The lowest BCUT2D eigenvalue weighted by atomic mass is 10.00. The van der Waals surface area contributed by atoms with Crippen molar-refractivity contribution in [2.24, 2.45) is 17.6 Å². The average molecular weight is 596 g/mol. The van der Waals surface area contributed by atoms with E-state index in [0.29, 0.717) is 12.0 Å². The molecule has 6 atom stereocenters. The number of carbonyl (C=O) groups is 5. The number of nitrogens with two attached hydrogens (primary N) is 1. The van der Waals surface area contributed by atoms with Crippen LogP contribution in [0.15, 0.2) is 24.3 Å². The van der Waals surface area contributed by atoms with Crippen LogP contribution < -0.4 is 27.0 Å². The van der Waals surface area contributed by atoms with Crippen LogP contribution in [0.5, 0.6) is 5.75 Å². The van der Waals surface area contributed by atoms with E-state index in [-0.39, 0.29) is 30.4 Å². The fourth-order valence-corrected chi connectivity index (χ4v) is 4.05. The summed E-state index contributed by atoms with van der Waals surface area (Å²) in [6.07, 6.45) is -0.998. The van der Waals surface area contributed by atoms with E-state index in [1.165, 1.54) is 31.2 Å². The summed E-state index contributed by atoms with van der Waals surface area (Å²) in [5.74, 6) is -4.64. The van der Waals surface area contributed by atoms with Gasteiger partial charge in [0.1, 0.15) is 29.9 Å². The lowest BCUT2D eigenvalue weighted by Gasteiger charge is -2.27. The summed E-state index contributed by atoms with van der Waals surface area (Å²) in [5.41, 5.74) is 6.43. The minimum Gasteiger partial charge on any atom is -0.508 e. The van der Waals surface area contributed by atoms with Crippen LogP contribution >= 0.6 is 0 Å². The molecule has 0 spiro atoms. The maximum absolute atomic E-state index is 13.1. The van der Waals surface area contributed by atoms with Crippen LogP contribution in [0.2, 0.25) is 0 Å². The second-order valence-electron chi connectivity index (χ2n) is 11.2. The molecule has 1 aromatic rings. The summed E-state index contributed by atoms with van der Waals surface area (Å²) in [7, 11) is 0. The van der Waals surface area contributed by atoms with Crippen LogP contribution in [-0.2, 0) is 30.4 Å². The zero-order chi connectivity index (χ0) is 32.1. The Hall–Kier alpha value is -3.75. The third kappa shape index (κ3) is 12.4. The van der Waals surface area contributed by atoms with Crippen molar-refractivity contribution in [3.63, 3.8) is 0 Å². The van der Waals surface area contributed by atoms with Crippen molar-refractivity contribution < 1.29 is 44.4 Å². The quantitative estimate of drug-likeness (QED) is 0.104. The highest BCUT2D eigenvalue weighted by Gasteiger charge is 2.34. The molecule has 0 fully saturated rings. The molecule has 1 aromatic carbocycles. The Morgan fingerprint density at radius 2 is 1.24 bits per heavy atom. The van der Waals surface area contributed by atoms with Crippen LogP contribution in [0.4, 0.5) is 0 Å². The van der Waals surface area contributed by atoms with E-state index in [1.54, 1.807) is 0 Å². The monoisotopic (exact) mass is 595 g/mol. The maximum atomic E-state index is 13.1. The van der Waals surface area contributed by atoms with E-state index in [9.17, 15) is 44.4 Å². The second kappa shape index (κ2) is 17.3. The first-order valence-electron chi connectivity index (χ1n) is 13.8. The number of aliphatic hydroxyl groups excluding tert-OH is 2. The SMILES string of the molecule is CC(C)C[C@H](NC(=O)[C@@H](N)CC(C)C)C(=O)N[C@H](C(=O)N[C@@H](CO)C(=O)N[C@@H](Cc1ccc(O)cc1)C(=O)O)[C@@H](C)O. The number of aliphatic carboxylic acids is 1. The van der Waals surface area contributed by atoms with Gasteiger partial charge in [0.05, 0.1) is 18.8 Å². The van der Waals surface area contributed by atoms with Crippen molar-refractivity contribution in [2.45, 2.75) is 90.2 Å². The number of aromatic hydroxyl groups is 1. The number of rotatable bonds is 17. The molecule has 14 nitrogen and oxygen atoms in total. The number of phenolic OH excluding ortho intramolecular Hbond substituents is 1. The van der Waals surface area contributed by atoms with Gasteiger partial charge in [0.25, 0.3) is 0 Å². The molecule has 0 saturated heterocycles. The Bertz CT molecular complexity index is 1060. The van der Waals surface area contributed by atoms with Gasteiger partial charge in [-0.15, -0.1) is 0 Å². The Morgan fingerprint density at radius 1 is 0.738 bits per heavy atom. The zero-order valence-electron chi connectivity index (χ0n) is 24.7. The van der Waals surface area contributed by atoms with Crippen molar-refractivity contribution in [3.8, 4) is 5.75 Å². The number of carboxylic acids is 1. The smallest absolute Gasteiger partial charge is 0.326 e. The lowest BCUT2D eigenvalue weighted by molar-refractivity contribution is -0.142. The first-order chi connectivity index (χ1) is 19.5. The molecule has 236 valence electrons. The van der Waals surface area contributed by atoms with Gasteiger partial charge in [-0.2, -0.15) is 0 Å². The van der Waals surface area contributed by atoms with Crippen LogP contribution in [0.1, 0.15) is 53.0 Å². The number of nitrogens with one attached hydrogen (secondary N) is 4. The van der Waals surface area contributed by atoms with Crippen LogP contribution in [0.25, 0.3) is 0 Å². The number of hydrogen-bond donors (Lipinski definition) is 9. The molecule has 0 aliphatic heterocycles. The predicted octanol–water partition coefficient (Wildman–Crippen LogP) is -1.25. The second-order valence-corrected chi connectivity index (χ2v) is 11.2. The summed E-state index contributed by atoms with van der Waals surface area (Å²) in [4.78, 5) is 63.2. The standard InChI is InChI=1S/C28H45N5O9/c1-14(2)10-19(29)24(37)30-20(11-15(3)4)25(38)33-23(16(5)35)27(40)32-22(13-34)26(39)31-21(28(41)42)12-17-6-8-18(36)9-7-17/h6-9,14-16,19-23,34-36H,10-13,29H2,1-5H3,(H,30,37)(H,31,39)(H,32,40)(H,33,38)(H,41,42)/t16-,19+,20+,21+,22+,23+/m1/s1. The first-order valence-corrected chi connectivity index (χ1v) is 13.8. The summed E-state index contributed by atoms with van der Waals surface area (Å²) < 4.78 is 0. The zero-order valence-corrected chi connectivity index (χ0v) is 24.7. The third-order valence-electron chi connectivity index (χ3n) is 6.27. The average Bonchev–Trinajstić information content (AvgIpc) is 2.89. The van der Waals surface area contributed by atoms with Gasteiger partial charge in [0.15, 0.2) is 0 Å². The number of carboxylic acid groups (broad SMARTS) is 1. The minimum absolute atomic E-state index is 0.0231. The molecular weight excluding hydrogens is 550 g/mol. The molecule has 0 saturated carbocycles. The molecule has 42 heavy (non-hydrogen) atoms. The Kier molecular flexibility index (Phi) is 14.9. The van der Waals surface area contributed by atoms with Crippen LogP contribution in [-0.4, -0.2) is 92.9 Å². The highest BCUT2D eigenvalue weighted by Crippen LogP contribution is 2.12. The maximum Gasteiger partial charge on any atom is 0.326 e. The number of amides is 4. The molecule has 10 N–H and O–H groups in total. The van der Waals surface area contributed by atoms with Gasteiger partial charge in [-0.25, -0.2) is 4.79 Å². The summed E-state index contributed by atoms with van der Waals surface area (Å²) in [6, 6.07) is -0.878. The molecule has 4 amide bonds. The lowest BCUT2D eigenvalue weighted by Crippen LogP contribution is -2.61. The van der Waals surface area contributed by atoms with Crippen LogP contribution in [0, 0.1) is 11.8 Å². The first kappa shape index (κ1) is 36.3. The number of phenols is 1. The largest absolute Gasteiger partial charge is 0.508 e. The van der Waals surface area contributed by atoms with Crippen molar-refractivity contribution in [1.29, 1.82) is 0 Å². The number of aliphatic hydroxyl groups is 2. The van der Waals surface area contributed by atoms with Crippen LogP contribution in [0.3, 0.4) is 0 Å². The van der Waals surface area contributed by atoms with Gasteiger partial charge in [-0.3, -0.25) is 19.2 Å². The van der Waals surface area contributed by atoms with Crippen molar-refractivity contribution in [3.05, 3.63) is 29.8 Å². The van der Waals surface area contributed by atoms with Gasteiger partial charge >= 0.3 is 5.97 Å². The summed E-state index contributed by atoms with van der Waals surface area (Å²) >= 11 is 0.